The topological polar surface area (TPSA) is 0 Å². The van der Waals surface area contributed by atoms with Gasteiger partial charge in [-0.05, 0) is 6.42 Å². The number of unbranched alkanes of at least 4 members (excludes halogenated alkanes) is 5. The summed E-state index contributed by atoms with van der Waals surface area (Å²) in [5, 5.41) is 0. The van der Waals surface area contributed by atoms with Crippen LogP contribution in [0.1, 0.15) is 69.4 Å². The van der Waals surface area contributed by atoms with E-state index in [1.807, 2.05) is 6.07 Å². The summed E-state index contributed by atoms with van der Waals surface area (Å²) in [7, 11) is 0. The van der Waals surface area contributed by atoms with Crippen LogP contribution in [-0.2, 0) is 28.1 Å². The Bertz CT molecular complexity index is 721. The van der Waals surface area contributed by atoms with Crippen LogP contribution in [0.4, 0.5) is 0 Å². The van der Waals surface area contributed by atoms with E-state index in [1.54, 1.807) is 0 Å². The molecule has 0 unspecified atom stereocenters. The summed E-state index contributed by atoms with van der Waals surface area (Å²) in [4.78, 5) is 0. The van der Waals surface area contributed by atoms with Crippen molar-refractivity contribution < 1.29 is 46.5 Å². The Morgan fingerprint density at radius 3 is 2.34 bits per heavy atom. The summed E-state index contributed by atoms with van der Waals surface area (Å²) in [5.41, 5.74) is 6.95. The SMILES string of the molecule is CCCCCCCCC1=[C-]CC=C1.[Cl-].[Cl-].[Ti+4].[c-]1cccc2c1Cc1ccccc1-2. The molecule has 0 bridgehead atoms. The average molecular weight is 461 g/mol. The van der Waals surface area contributed by atoms with Crippen molar-refractivity contribution in [3.63, 3.8) is 0 Å². The first-order chi connectivity index (χ1) is 12.9. The Kier molecular flexibility index (Phi) is 15.5. The molecule has 0 aliphatic heterocycles. The minimum Gasteiger partial charge on any atom is -1.00 e. The standard InChI is InChI=1S/C13H9.C13H21.2ClH.Ti/c1-3-7-12-10(5-1)9-11-6-2-4-8-13(11)12;1-2-3-4-5-6-7-10-13-11-8-9-12-13;;;/h1-5,7-8H,9H2;8,11H,2-7,9-10H2,1H3;2*1H;/q2*-1;;;+4/p-2. The second kappa shape index (κ2) is 16.0. The van der Waals surface area contributed by atoms with E-state index in [2.05, 4.69) is 67.6 Å². The Balaban J connectivity index is 0.000000490. The maximum atomic E-state index is 3.36. The molecule has 2 aliphatic carbocycles. The minimum atomic E-state index is 0. The van der Waals surface area contributed by atoms with Crippen LogP contribution in [0.5, 0.6) is 0 Å². The Hall–Kier alpha value is -0.786. The molecule has 0 atom stereocenters. The van der Waals surface area contributed by atoms with Gasteiger partial charge in [0, 0.05) is 0 Å². The Morgan fingerprint density at radius 1 is 0.862 bits per heavy atom. The molecule has 0 heterocycles. The molecular formula is C26H30Cl2Ti. The molecule has 0 fully saturated rings. The summed E-state index contributed by atoms with van der Waals surface area (Å²) in [6.07, 6.45) is 19.5. The number of halogens is 2. The van der Waals surface area contributed by atoms with Crippen LogP contribution in [-0.4, -0.2) is 0 Å². The van der Waals surface area contributed by atoms with Crippen LogP contribution in [0.15, 0.2) is 60.2 Å². The van der Waals surface area contributed by atoms with Gasteiger partial charge in [0.25, 0.3) is 0 Å². The van der Waals surface area contributed by atoms with Crippen molar-refractivity contribution in [3.05, 3.63) is 83.5 Å². The van der Waals surface area contributed by atoms with Gasteiger partial charge in [0.2, 0.25) is 0 Å². The number of hydrogen-bond acceptors (Lipinski definition) is 0. The van der Waals surface area contributed by atoms with Crippen molar-refractivity contribution in [2.24, 2.45) is 0 Å². The second-order valence-electron chi connectivity index (χ2n) is 7.22. The van der Waals surface area contributed by atoms with Gasteiger partial charge >= 0.3 is 21.7 Å². The normalized spacial score (nSPS) is 12.2. The van der Waals surface area contributed by atoms with E-state index in [4.69, 9.17) is 0 Å². The minimum absolute atomic E-state index is 0. The van der Waals surface area contributed by atoms with Crippen molar-refractivity contribution >= 4 is 0 Å². The molecule has 4 rings (SSSR count). The molecule has 0 N–H and O–H groups in total. The predicted octanol–water partition coefficient (Wildman–Crippen LogP) is 1.49. The zero-order valence-electron chi connectivity index (χ0n) is 17.3. The van der Waals surface area contributed by atoms with E-state index in [0.717, 1.165) is 12.8 Å². The van der Waals surface area contributed by atoms with E-state index in [0.29, 0.717) is 0 Å². The summed E-state index contributed by atoms with van der Waals surface area (Å²) < 4.78 is 0. The molecule has 29 heavy (non-hydrogen) atoms. The van der Waals surface area contributed by atoms with E-state index >= 15 is 0 Å². The first-order valence-electron chi connectivity index (χ1n) is 10.2. The van der Waals surface area contributed by atoms with Gasteiger partial charge in [-0.15, -0.1) is 12.0 Å². The number of benzene rings is 2. The summed E-state index contributed by atoms with van der Waals surface area (Å²) in [6.45, 7) is 2.27. The van der Waals surface area contributed by atoms with Crippen molar-refractivity contribution in [1.82, 2.24) is 0 Å². The maximum absolute atomic E-state index is 3.36. The first kappa shape index (κ1) is 28.2. The molecule has 0 amide bonds. The predicted molar refractivity (Wildman–Crippen MR) is 112 cm³/mol. The monoisotopic (exact) mass is 460 g/mol. The van der Waals surface area contributed by atoms with Crippen LogP contribution in [0.3, 0.4) is 0 Å². The van der Waals surface area contributed by atoms with Crippen LogP contribution >= 0.6 is 0 Å². The van der Waals surface area contributed by atoms with Gasteiger partial charge in [0.05, 0.1) is 0 Å². The quantitative estimate of drug-likeness (QED) is 0.284. The van der Waals surface area contributed by atoms with Crippen LogP contribution in [0.25, 0.3) is 11.1 Å². The fourth-order valence-electron chi connectivity index (χ4n) is 3.72. The molecule has 3 heteroatoms. The number of allylic oxidation sites excluding steroid dienone is 4. The smallest absolute Gasteiger partial charge is 1.00 e. The fraction of sp³-hybridized carbons (Fsp3) is 0.385. The fourth-order valence-corrected chi connectivity index (χ4v) is 3.72. The van der Waals surface area contributed by atoms with Crippen molar-refractivity contribution in [1.29, 1.82) is 0 Å². The summed E-state index contributed by atoms with van der Waals surface area (Å²) in [5.74, 6) is 0. The Morgan fingerprint density at radius 2 is 1.59 bits per heavy atom. The van der Waals surface area contributed by atoms with Gasteiger partial charge in [0.15, 0.2) is 0 Å². The molecular weight excluding hydrogens is 431 g/mol. The van der Waals surface area contributed by atoms with E-state index in [1.165, 1.54) is 72.8 Å². The van der Waals surface area contributed by atoms with Gasteiger partial charge in [-0.1, -0.05) is 87.3 Å². The van der Waals surface area contributed by atoms with Crippen LogP contribution in [0.2, 0.25) is 0 Å². The second-order valence-corrected chi connectivity index (χ2v) is 7.22. The Labute approximate surface area is 205 Å². The van der Waals surface area contributed by atoms with Gasteiger partial charge in [-0.2, -0.15) is 35.9 Å². The van der Waals surface area contributed by atoms with Crippen LogP contribution < -0.4 is 24.8 Å². The number of hydrogen-bond donors (Lipinski definition) is 0. The molecule has 2 aromatic rings. The third-order valence-corrected chi connectivity index (χ3v) is 5.18. The van der Waals surface area contributed by atoms with Crippen molar-refractivity contribution in [2.75, 3.05) is 0 Å². The van der Waals surface area contributed by atoms with Crippen LogP contribution in [0, 0.1) is 12.1 Å². The molecule has 0 radical (unpaired) electrons. The molecule has 2 aliphatic rings. The molecule has 0 saturated heterocycles. The zero-order valence-corrected chi connectivity index (χ0v) is 20.4. The van der Waals surface area contributed by atoms with Gasteiger partial charge in [-0.25, -0.2) is 11.6 Å². The molecule has 0 nitrogen and oxygen atoms in total. The zero-order chi connectivity index (χ0) is 18.0. The molecule has 2 aromatic carbocycles. The van der Waals surface area contributed by atoms with Gasteiger partial charge < -0.3 is 24.8 Å². The molecule has 0 spiro atoms. The van der Waals surface area contributed by atoms with E-state index < -0.39 is 0 Å². The molecule has 0 aromatic heterocycles. The van der Waals surface area contributed by atoms with Gasteiger partial charge in [-0.3, -0.25) is 6.08 Å². The molecule has 0 saturated carbocycles. The van der Waals surface area contributed by atoms with Gasteiger partial charge in [0.1, 0.15) is 0 Å². The molecule has 152 valence electrons. The van der Waals surface area contributed by atoms with E-state index in [9.17, 15) is 0 Å². The van der Waals surface area contributed by atoms with Crippen molar-refractivity contribution in [3.8, 4) is 11.1 Å². The number of fused-ring (bicyclic) bond motifs is 3. The third-order valence-electron chi connectivity index (χ3n) is 5.18. The number of rotatable bonds is 7. The third kappa shape index (κ3) is 8.85. The largest absolute Gasteiger partial charge is 4.00 e. The maximum Gasteiger partial charge on any atom is 4.00 e. The van der Waals surface area contributed by atoms with E-state index in [-0.39, 0.29) is 46.5 Å². The summed E-state index contributed by atoms with van der Waals surface area (Å²) in [6, 6.07) is 18.1. The summed E-state index contributed by atoms with van der Waals surface area (Å²) >= 11 is 0. The first-order valence-corrected chi connectivity index (χ1v) is 10.2. The average Bonchev–Trinajstić information content (AvgIpc) is 3.32. The van der Waals surface area contributed by atoms with Crippen molar-refractivity contribution in [2.45, 2.75) is 64.7 Å².